The van der Waals surface area contributed by atoms with Crippen molar-refractivity contribution in [1.29, 1.82) is 0 Å². The number of nitrogens with zero attached hydrogens (tertiary/aromatic N) is 1. The molecule has 0 fully saturated rings. The van der Waals surface area contributed by atoms with Crippen molar-refractivity contribution in [2.75, 3.05) is 11.1 Å². The summed E-state index contributed by atoms with van der Waals surface area (Å²) in [4.78, 5) is 29.1. The van der Waals surface area contributed by atoms with Gasteiger partial charge in [0.25, 0.3) is 0 Å². The Morgan fingerprint density at radius 2 is 2.11 bits per heavy atom. The summed E-state index contributed by atoms with van der Waals surface area (Å²) in [6, 6.07) is 9.24. The highest BCUT2D eigenvalue weighted by Crippen LogP contribution is 2.17. The highest BCUT2D eigenvalue weighted by Gasteiger charge is 2.06. The predicted octanol–water partition coefficient (Wildman–Crippen LogP) is 1.81. The van der Waals surface area contributed by atoms with Crippen LogP contribution in [0.4, 0.5) is 5.69 Å². The number of aromatic amines is 1. The first-order chi connectivity index (χ1) is 9.15. The van der Waals surface area contributed by atoms with Gasteiger partial charge in [-0.2, -0.15) is 0 Å². The van der Waals surface area contributed by atoms with Crippen LogP contribution in [0.25, 0.3) is 0 Å². The summed E-state index contributed by atoms with van der Waals surface area (Å²) in [5.41, 5.74) is 1.20. The average molecular weight is 275 g/mol. The van der Waals surface area contributed by atoms with Gasteiger partial charge in [-0.3, -0.25) is 4.79 Å². The quantitative estimate of drug-likeness (QED) is 0.659. The molecule has 2 N–H and O–H groups in total. The summed E-state index contributed by atoms with van der Waals surface area (Å²) in [6.07, 6.45) is 1.50. The van der Waals surface area contributed by atoms with Crippen molar-refractivity contribution in [1.82, 2.24) is 9.97 Å². The van der Waals surface area contributed by atoms with Gasteiger partial charge in [-0.05, 0) is 24.6 Å². The number of para-hydroxylation sites is 1. The normalized spacial score (nSPS) is 10.2. The minimum absolute atomic E-state index is 0.117. The van der Waals surface area contributed by atoms with Crippen molar-refractivity contribution in [2.24, 2.45) is 0 Å². The van der Waals surface area contributed by atoms with Gasteiger partial charge in [0.1, 0.15) is 0 Å². The number of carbonyl (C=O) groups is 1. The molecule has 2 aromatic rings. The van der Waals surface area contributed by atoms with Crippen molar-refractivity contribution in [3.63, 3.8) is 0 Å². The maximum Gasteiger partial charge on any atom is 0.345 e. The van der Waals surface area contributed by atoms with Gasteiger partial charge in [0.2, 0.25) is 5.91 Å². The van der Waals surface area contributed by atoms with Gasteiger partial charge in [-0.1, -0.05) is 30.0 Å². The molecule has 0 aliphatic heterocycles. The molecule has 0 saturated heterocycles. The lowest BCUT2D eigenvalue weighted by atomic mass is 10.3. The molecule has 0 radical (unpaired) electrons. The molecule has 2 rings (SSSR count). The van der Waals surface area contributed by atoms with Crippen LogP contribution in [0.15, 0.2) is 46.3 Å². The molecule has 0 bridgehead atoms. The number of benzene rings is 1. The van der Waals surface area contributed by atoms with Crippen molar-refractivity contribution in [2.45, 2.75) is 11.9 Å². The summed E-state index contributed by atoms with van der Waals surface area (Å²) >= 11 is 1.28. The Kier molecular flexibility index (Phi) is 4.35. The van der Waals surface area contributed by atoms with Crippen LogP contribution < -0.4 is 11.0 Å². The van der Waals surface area contributed by atoms with Gasteiger partial charge in [0.15, 0.2) is 0 Å². The number of nitrogens with one attached hydrogen (secondary N) is 2. The maximum atomic E-state index is 11.7. The first-order valence-electron chi connectivity index (χ1n) is 5.69. The smallest absolute Gasteiger partial charge is 0.325 e. The second-order valence-electron chi connectivity index (χ2n) is 3.90. The fourth-order valence-electron chi connectivity index (χ4n) is 1.45. The SMILES string of the molecule is Cc1cnc(=O)[nH]c1SCC(=O)Nc1ccccc1. The van der Waals surface area contributed by atoms with Crippen LogP contribution in [-0.2, 0) is 4.79 Å². The first-order valence-corrected chi connectivity index (χ1v) is 6.67. The Hall–Kier alpha value is -2.08. The molecule has 0 aliphatic rings. The molecule has 1 amide bonds. The molecule has 0 spiro atoms. The summed E-state index contributed by atoms with van der Waals surface area (Å²) < 4.78 is 0. The lowest BCUT2D eigenvalue weighted by molar-refractivity contribution is -0.113. The molecule has 0 unspecified atom stereocenters. The number of carbonyl (C=O) groups excluding carboxylic acids is 1. The van der Waals surface area contributed by atoms with E-state index in [1.54, 1.807) is 0 Å². The topological polar surface area (TPSA) is 74.8 Å². The second-order valence-corrected chi connectivity index (χ2v) is 4.89. The fraction of sp³-hybridized carbons (Fsp3) is 0.154. The van der Waals surface area contributed by atoms with E-state index in [0.717, 1.165) is 11.3 Å². The van der Waals surface area contributed by atoms with E-state index in [4.69, 9.17) is 0 Å². The largest absolute Gasteiger partial charge is 0.345 e. The highest BCUT2D eigenvalue weighted by molar-refractivity contribution is 8.00. The number of H-pyrrole nitrogens is 1. The number of hydrogen-bond acceptors (Lipinski definition) is 4. The van der Waals surface area contributed by atoms with Gasteiger partial charge in [-0.15, -0.1) is 0 Å². The van der Waals surface area contributed by atoms with E-state index >= 15 is 0 Å². The monoisotopic (exact) mass is 275 g/mol. The van der Waals surface area contributed by atoms with Crippen molar-refractivity contribution >= 4 is 23.4 Å². The summed E-state index contributed by atoms with van der Waals surface area (Å²) in [5.74, 6) is 0.114. The Morgan fingerprint density at radius 3 is 2.84 bits per heavy atom. The molecule has 1 aromatic carbocycles. The van der Waals surface area contributed by atoms with E-state index in [9.17, 15) is 9.59 Å². The van der Waals surface area contributed by atoms with Crippen molar-refractivity contribution in [3.8, 4) is 0 Å². The molecule has 98 valence electrons. The number of rotatable bonds is 4. The summed E-state index contributed by atoms with van der Waals surface area (Å²) in [6.45, 7) is 1.83. The molecule has 1 aromatic heterocycles. The standard InChI is InChI=1S/C13H13N3O2S/c1-9-7-14-13(18)16-12(9)19-8-11(17)15-10-5-3-2-4-6-10/h2-7H,8H2,1H3,(H,15,17)(H,14,16,18). The molecule has 0 aliphatic carbocycles. The molecule has 5 nitrogen and oxygen atoms in total. The fourth-order valence-corrected chi connectivity index (χ4v) is 2.24. The van der Waals surface area contributed by atoms with E-state index in [-0.39, 0.29) is 11.7 Å². The van der Waals surface area contributed by atoms with E-state index in [1.807, 2.05) is 37.3 Å². The first kappa shape index (κ1) is 13.4. The molecular formula is C13H13N3O2S. The van der Waals surface area contributed by atoms with Crippen LogP contribution in [0, 0.1) is 6.92 Å². The van der Waals surface area contributed by atoms with Crippen LogP contribution in [0.5, 0.6) is 0 Å². The third-order valence-electron chi connectivity index (χ3n) is 2.36. The number of aryl methyl sites for hydroxylation is 1. The van der Waals surface area contributed by atoms with E-state index in [0.29, 0.717) is 5.03 Å². The number of anilines is 1. The van der Waals surface area contributed by atoms with E-state index in [2.05, 4.69) is 15.3 Å². The van der Waals surface area contributed by atoms with Gasteiger partial charge >= 0.3 is 5.69 Å². The Balaban J connectivity index is 1.93. The van der Waals surface area contributed by atoms with Gasteiger partial charge in [0.05, 0.1) is 10.8 Å². The number of aromatic nitrogens is 2. The van der Waals surface area contributed by atoms with E-state index < -0.39 is 5.69 Å². The third-order valence-corrected chi connectivity index (χ3v) is 3.48. The number of thioether (sulfide) groups is 1. The molecule has 19 heavy (non-hydrogen) atoms. The minimum atomic E-state index is -0.406. The summed E-state index contributed by atoms with van der Waals surface area (Å²) in [7, 11) is 0. The van der Waals surface area contributed by atoms with Crippen LogP contribution in [0.3, 0.4) is 0 Å². The third kappa shape index (κ3) is 3.96. The molecule has 0 saturated carbocycles. The minimum Gasteiger partial charge on any atom is -0.325 e. The van der Waals surface area contributed by atoms with Gasteiger partial charge in [0, 0.05) is 11.9 Å². The molecule has 6 heteroatoms. The number of hydrogen-bond donors (Lipinski definition) is 2. The Bertz CT molecular complexity index is 625. The molecular weight excluding hydrogens is 262 g/mol. The van der Waals surface area contributed by atoms with Crippen molar-refractivity contribution < 1.29 is 4.79 Å². The van der Waals surface area contributed by atoms with Gasteiger partial charge in [-0.25, -0.2) is 9.78 Å². The maximum absolute atomic E-state index is 11.7. The predicted molar refractivity (Wildman–Crippen MR) is 75.4 cm³/mol. The van der Waals surface area contributed by atoms with Crippen LogP contribution in [0.2, 0.25) is 0 Å². The van der Waals surface area contributed by atoms with E-state index in [1.165, 1.54) is 18.0 Å². The zero-order valence-electron chi connectivity index (χ0n) is 10.3. The lowest BCUT2D eigenvalue weighted by Gasteiger charge is -2.06. The van der Waals surface area contributed by atoms with Crippen LogP contribution in [-0.4, -0.2) is 21.6 Å². The average Bonchev–Trinajstić information content (AvgIpc) is 2.41. The zero-order valence-corrected chi connectivity index (χ0v) is 11.2. The molecule has 0 atom stereocenters. The second kappa shape index (κ2) is 6.19. The Morgan fingerprint density at radius 1 is 1.37 bits per heavy atom. The van der Waals surface area contributed by atoms with Crippen LogP contribution >= 0.6 is 11.8 Å². The lowest BCUT2D eigenvalue weighted by Crippen LogP contribution is -2.15. The Labute approximate surface area is 114 Å². The van der Waals surface area contributed by atoms with Crippen LogP contribution in [0.1, 0.15) is 5.56 Å². The number of amides is 1. The molecule has 1 heterocycles. The highest BCUT2D eigenvalue weighted by atomic mass is 32.2. The summed E-state index contributed by atoms with van der Waals surface area (Å²) in [5, 5.41) is 3.45. The zero-order chi connectivity index (χ0) is 13.7. The van der Waals surface area contributed by atoms with Crippen molar-refractivity contribution in [3.05, 3.63) is 52.6 Å². The van der Waals surface area contributed by atoms with Gasteiger partial charge < -0.3 is 10.3 Å².